The lowest BCUT2D eigenvalue weighted by Gasteiger charge is -2.08. The molecule has 94 valence electrons. The number of aryl methyl sites for hydroxylation is 2. The zero-order valence-corrected chi connectivity index (χ0v) is 10.9. The van der Waals surface area contributed by atoms with Gasteiger partial charge in [0, 0.05) is 19.8 Å². The summed E-state index contributed by atoms with van der Waals surface area (Å²) in [6, 6.07) is 11.9. The van der Waals surface area contributed by atoms with E-state index >= 15 is 0 Å². The van der Waals surface area contributed by atoms with E-state index in [4.69, 9.17) is 10.5 Å². The van der Waals surface area contributed by atoms with Gasteiger partial charge in [0.05, 0.1) is 11.3 Å². The number of rotatable bonds is 3. The van der Waals surface area contributed by atoms with Crippen LogP contribution in [-0.2, 0) is 13.6 Å². The van der Waals surface area contributed by atoms with Gasteiger partial charge in [-0.15, -0.1) is 0 Å². The van der Waals surface area contributed by atoms with E-state index in [-0.39, 0.29) is 0 Å². The fourth-order valence-corrected chi connectivity index (χ4v) is 2.00. The lowest BCUT2D eigenvalue weighted by atomic mass is 10.1. The topological polar surface area (TPSA) is 64.5 Å². The highest BCUT2D eigenvalue weighted by Gasteiger charge is 2.06. The monoisotopic (exact) mass is 250 g/mol. The molecule has 0 spiro atoms. The van der Waals surface area contributed by atoms with Crippen LogP contribution in [0.5, 0.6) is 0 Å². The molecule has 0 aliphatic heterocycles. The molecule has 0 fully saturated rings. The first-order valence-corrected chi connectivity index (χ1v) is 5.94. The summed E-state index contributed by atoms with van der Waals surface area (Å²) in [6.07, 6.45) is 1.91. The van der Waals surface area contributed by atoms with Crippen molar-refractivity contribution in [1.82, 2.24) is 4.57 Å². The highest BCUT2D eigenvalue weighted by Crippen LogP contribution is 2.19. The number of benzene rings is 1. The van der Waals surface area contributed by atoms with Crippen molar-refractivity contribution >= 4 is 5.69 Å². The molecule has 0 saturated heterocycles. The Kier molecular flexibility index (Phi) is 3.54. The molecule has 1 N–H and O–H groups in total. The molecular weight excluding hydrogens is 236 g/mol. The Balaban J connectivity index is 2.17. The van der Waals surface area contributed by atoms with E-state index in [1.807, 2.05) is 44.4 Å². The number of anilines is 1. The lowest BCUT2D eigenvalue weighted by molar-refractivity contribution is 0.902. The van der Waals surface area contributed by atoms with Gasteiger partial charge in [-0.05, 0) is 30.2 Å². The van der Waals surface area contributed by atoms with Crippen molar-refractivity contribution < 1.29 is 0 Å². The number of nitrogens with zero attached hydrogens (tertiary/aromatic N) is 3. The fraction of sp³-hybridized carbons (Fsp3) is 0.200. The van der Waals surface area contributed by atoms with Crippen molar-refractivity contribution in [2.45, 2.75) is 13.5 Å². The molecule has 0 unspecified atom stereocenters. The van der Waals surface area contributed by atoms with Crippen LogP contribution in [0.3, 0.4) is 0 Å². The summed E-state index contributed by atoms with van der Waals surface area (Å²) < 4.78 is 1.79. The third-order valence-electron chi connectivity index (χ3n) is 3.04. The minimum atomic E-state index is 0.591. The number of nitriles is 2. The molecular formula is C15H14N4. The lowest BCUT2D eigenvalue weighted by Crippen LogP contribution is -2.01. The number of aromatic nitrogens is 1. The van der Waals surface area contributed by atoms with Crippen LogP contribution in [0.2, 0.25) is 0 Å². The van der Waals surface area contributed by atoms with E-state index in [1.54, 1.807) is 4.57 Å². The average Bonchev–Trinajstić information content (AvgIpc) is 2.77. The summed E-state index contributed by atoms with van der Waals surface area (Å²) in [5, 5.41) is 21.3. The van der Waals surface area contributed by atoms with E-state index in [2.05, 4.69) is 17.5 Å². The van der Waals surface area contributed by atoms with Gasteiger partial charge >= 0.3 is 0 Å². The molecule has 1 aromatic carbocycles. The molecule has 0 bridgehead atoms. The van der Waals surface area contributed by atoms with Crippen LogP contribution in [0.25, 0.3) is 0 Å². The summed E-state index contributed by atoms with van der Waals surface area (Å²) in [7, 11) is 1.84. The third kappa shape index (κ3) is 2.59. The standard InChI is InChI=1S/C15H14N4/c1-11-4-3-5-15(14(11)8-17)18-9-12-6-13(7-16)19(2)10-12/h3-6,10,18H,9H2,1-2H3. The van der Waals surface area contributed by atoms with Crippen molar-refractivity contribution in [2.75, 3.05) is 5.32 Å². The van der Waals surface area contributed by atoms with Crippen LogP contribution in [0.1, 0.15) is 22.4 Å². The van der Waals surface area contributed by atoms with Gasteiger partial charge in [0.1, 0.15) is 17.8 Å². The van der Waals surface area contributed by atoms with Crippen LogP contribution in [0, 0.1) is 29.6 Å². The van der Waals surface area contributed by atoms with Gasteiger partial charge in [0.25, 0.3) is 0 Å². The minimum Gasteiger partial charge on any atom is -0.380 e. The van der Waals surface area contributed by atoms with E-state index < -0.39 is 0 Å². The molecule has 0 radical (unpaired) electrons. The van der Waals surface area contributed by atoms with Crippen molar-refractivity contribution in [3.05, 3.63) is 52.8 Å². The highest BCUT2D eigenvalue weighted by atomic mass is 14.9. The van der Waals surface area contributed by atoms with E-state index in [1.165, 1.54) is 0 Å². The first-order valence-electron chi connectivity index (χ1n) is 5.94. The van der Waals surface area contributed by atoms with Crippen LogP contribution in [0.15, 0.2) is 30.5 Å². The first kappa shape index (κ1) is 12.7. The Labute approximate surface area is 112 Å². The Morgan fingerprint density at radius 3 is 2.68 bits per heavy atom. The van der Waals surface area contributed by atoms with Crippen LogP contribution < -0.4 is 5.32 Å². The molecule has 0 saturated carbocycles. The van der Waals surface area contributed by atoms with Crippen LogP contribution in [0.4, 0.5) is 5.69 Å². The SMILES string of the molecule is Cc1cccc(NCc2cc(C#N)n(C)c2)c1C#N. The van der Waals surface area contributed by atoms with E-state index in [0.717, 1.165) is 16.8 Å². The second kappa shape index (κ2) is 5.29. The molecule has 1 aromatic heterocycles. The maximum atomic E-state index is 9.15. The second-order valence-corrected chi connectivity index (χ2v) is 4.42. The van der Waals surface area contributed by atoms with Crippen molar-refractivity contribution in [1.29, 1.82) is 10.5 Å². The van der Waals surface area contributed by atoms with Crippen molar-refractivity contribution in [3.8, 4) is 12.1 Å². The van der Waals surface area contributed by atoms with Gasteiger partial charge in [0.2, 0.25) is 0 Å². The molecule has 4 nitrogen and oxygen atoms in total. The average molecular weight is 250 g/mol. The van der Waals surface area contributed by atoms with Gasteiger partial charge in [-0.1, -0.05) is 12.1 Å². The second-order valence-electron chi connectivity index (χ2n) is 4.42. The van der Waals surface area contributed by atoms with Gasteiger partial charge < -0.3 is 9.88 Å². The normalized spacial score (nSPS) is 9.68. The molecule has 0 amide bonds. The molecule has 0 aliphatic carbocycles. The number of hydrogen-bond acceptors (Lipinski definition) is 3. The predicted molar refractivity (Wildman–Crippen MR) is 73.3 cm³/mol. The third-order valence-corrected chi connectivity index (χ3v) is 3.04. The molecule has 2 aromatic rings. The maximum Gasteiger partial charge on any atom is 0.120 e. The van der Waals surface area contributed by atoms with Crippen LogP contribution in [-0.4, -0.2) is 4.57 Å². The van der Waals surface area contributed by atoms with Gasteiger partial charge in [-0.2, -0.15) is 10.5 Å². The minimum absolute atomic E-state index is 0.591. The largest absolute Gasteiger partial charge is 0.380 e. The smallest absolute Gasteiger partial charge is 0.120 e. The molecule has 0 atom stereocenters. The molecule has 19 heavy (non-hydrogen) atoms. The predicted octanol–water partition coefficient (Wildman–Crippen LogP) is 2.69. The van der Waals surface area contributed by atoms with E-state index in [9.17, 15) is 0 Å². The van der Waals surface area contributed by atoms with Gasteiger partial charge in [0.15, 0.2) is 0 Å². The zero-order chi connectivity index (χ0) is 13.8. The van der Waals surface area contributed by atoms with Crippen LogP contribution >= 0.6 is 0 Å². The molecule has 1 heterocycles. The van der Waals surface area contributed by atoms with Gasteiger partial charge in [-0.3, -0.25) is 0 Å². The first-order chi connectivity index (χ1) is 9.15. The summed E-state index contributed by atoms with van der Waals surface area (Å²) >= 11 is 0. The fourth-order valence-electron chi connectivity index (χ4n) is 2.00. The number of nitrogens with one attached hydrogen (secondary N) is 1. The molecule has 0 aliphatic rings. The van der Waals surface area contributed by atoms with E-state index in [0.29, 0.717) is 17.8 Å². The van der Waals surface area contributed by atoms with Crippen molar-refractivity contribution in [2.24, 2.45) is 7.05 Å². The summed E-state index contributed by atoms with van der Waals surface area (Å²) in [6.45, 7) is 2.51. The summed E-state index contributed by atoms with van der Waals surface area (Å²) in [4.78, 5) is 0. The maximum absolute atomic E-state index is 9.15. The zero-order valence-electron chi connectivity index (χ0n) is 10.9. The Bertz CT molecular complexity index is 683. The Morgan fingerprint density at radius 2 is 2.05 bits per heavy atom. The quantitative estimate of drug-likeness (QED) is 0.910. The van der Waals surface area contributed by atoms with Gasteiger partial charge in [-0.25, -0.2) is 0 Å². The Morgan fingerprint density at radius 1 is 1.26 bits per heavy atom. The number of hydrogen-bond donors (Lipinski definition) is 1. The molecule has 2 rings (SSSR count). The van der Waals surface area contributed by atoms with Crippen molar-refractivity contribution in [3.63, 3.8) is 0 Å². The summed E-state index contributed by atoms with van der Waals surface area (Å²) in [5.41, 5.74) is 4.09. The summed E-state index contributed by atoms with van der Waals surface area (Å²) in [5.74, 6) is 0. The Hall–Kier alpha value is -2.72. The molecule has 4 heteroatoms. The highest BCUT2D eigenvalue weighted by molar-refractivity contribution is 5.60.